The van der Waals surface area contributed by atoms with Crippen LogP contribution in [0.5, 0.6) is 11.5 Å². The Labute approximate surface area is 189 Å². The van der Waals surface area contributed by atoms with Crippen LogP contribution in [0.2, 0.25) is 0 Å². The van der Waals surface area contributed by atoms with Gasteiger partial charge in [-0.15, -0.1) is 0 Å². The number of anilines is 1. The second kappa shape index (κ2) is 9.02. The Balaban J connectivity index is 1.68. The Bertz CT molecular complexity index is 1080. The highest BCUT2D eigenvalue weighted by Gasteiger charge is 2.40. The topological polar surface area (TPSA) is 84.9 Å². The molecule has 0 saturated heterocycles. The van der Waals surface area contributed by atoms with E-state index in [4.69, 9.17) is 9.47 Å². The number of hydrogen-bond donors (Lipinski definition) is 1. The summed E-state index contributed by atoms with van der Waals surface area (Å²) in [5.41, 5.74) is 1.21. The summed E-state index contributed by atoms with van der Waals surface area (Å²) >= 11 is 0. The van der Waals surface area contributed by atoms with Crippen LogP contribution in [0.4, 0.5) is 5.69 Å². The highest BCUT2D eigenvalue weighted by Crippen LogP contribution is 2.44. The highest BCUT2D eigenvalue weighted by atomic mass is 32.2. The van der Waals surface area contributed by atoms with Gasteiger partial charge in [-0.05, 0) is 62.3 Å². The van der Waals surface area contributed by atoms with E-state index < -0.39 is 10.0 Å². The van der Waals surface area contributed by atoms with Gasteiger partial charge in [0, 0.05) is 12.1 Å². The first-order valence-electron chi connectivity index (χ1n) is 10.9. The van der Waals surface area contributed by atoms with E-state index in [1.807, 2.05) is 6.92 Å². The fourth-order valence-corrected chi connectivity index (χ4v) is 6.36. The zero-order valence-electron chi connectivity index (χ0n) is 18.7. The number of fused-ring (bicyclic) bond motifs is 2. The van der Waals surface area contributed by atoms with Gasteiger partial charge in [0.05, 0.1) is 24.8 Å². The molecule has 172 valence electrons. The molecule has 3 atom stereocenters. The first-order valence-corrected chi connectivity index (χ1v) is 12.4. The van der Waals surface area contributed by atoms with Gasteiger partial charge in [0.15, 0.2) is 0 Å². The average Bonchev–Trinajstić information content (AvgIpc) is 3.40. The summed E-state index contributed by atoms with van der Waals surface area (Å²) in [6.45, 7) is 1.55. The molecule has 2 bridgehead atoms. The third-order valence-corrected chi connectivity index (χ3v) is 8.41. The number of carbonyl (C=O) groups is 1. The molecule has 0 spiro atoms. The maximum atomic E-state index is 13.7. The van der Waals surface area contributed by atoms with Crippen LogP contribution >= 0.6 is 0 Å². The number of sulfonamides is 1. The van der Waals surface area contributed by atoms with Crippen LogP contribution in [0.15, 0.2) is 47.4 Å². The molecule has 0 aromatic heterocycles. The van der Waals surface area contributed by atoms with E-state index in [0.29, 0.717) is 23.3 Å². The summed E-state index contributed by atoms with van der Waals surface area (Å²) in [6, 6.07) is 11.6. The fourth-order valence-electron chi connectivity index (χ4n) is 4.93. The number of nitrogens with one attached hydrogen (secondary N) is 1. The lowest BCUT2D eigenvalue weighted by Crippen LogP contribution is -2.46. The number of rotatable bonds is 8. The van der Waals surface area contributed by atoms with Crippen LogP contribution in [-0.4, -0.2) is 41.1 Å². The maximum absolute atomic E-state index is 13.7. The smallest absolute Gasteiger partial charge is 0.264 e. The second-order valence-corrected chi connectivity index (χ2v) is 10.6. The van der Waals surface area contributed by atoms with Gasteiger partial charge in [0.1, 0.15) is 18.0 Å². The van der Waals surface area contributed by atoms with E-state index in [1.54, 1.807) is 42.5 Å². The van der Waals surface area contributed by atoms with Crippen molar-refractivity contribution in [1.29, 1.82) is 0 Å². The minimum Gasteiger partial charge on any atom is -0.497 e. The lowest BCUT2D eigenvalue weighted by molar-refractivity contribution is -0.120. The molecule has 4 rings (SSSR count). The normalized spacial score (nSPS) is 21.9. The molecule has 2 aromatic rings. The van der Waals surface area contributed by atoms with Crippen LogP contribution in [0, 0.1) is 18.8 Å². The molecule has 2 fully saturated rings. The summed E-state index contributed by atoms with van der Waals surface area (Å²) in [7, 11) is -1.05. The molecule has 7 nitrogen and oxygen atoms in total. The minimum atomic E-state index is -4.03. The Morgan fingerprint density at radius 2 is 1.81 bits per heavy atom. The molecule has 0 heterocycles. The Morgan fingerprint density at radius 3 is 2.41 bits per heavy atom. The molecule has 0 aliphatic heterocycles. The number of ether oxygens (including phenoxy) is 2. The molecule has 2 aromatic carbocycles. The van der Waals surface area contributed by atoms with Crippen molar-refractivity contribution in [3.05, 3.63) is 48.0 Å². The lowest BCUT2D eigenvalue weighted by atomic mass is 9.95. The Hall–Kier alpha value is -2.74. The number of nitrogens with zero attached hydrogens (tertiary/aromatic N) is 1. The molecular formula is C24H30N2O5S. The van der Waals surface area contributed by atoms with E-state index in [-0.39, 0.29) is 29.1 Å². The Kier molecular flexibility index (Phi) is 6.33. The molecule has 0 unspecified atom stereocenters. The number of hydrogen-bond acceptors (Lipinski definition) is 5. The first kappa shape index (κ1) is 22.5. The third-order valence-electron chi connectivity index (χ3n) is 6.64. The molecular weight excluding hydrogens is 428 g/mol. The van der Waals surface area contributed by atoms with Gasteiger partial charge in [0.2, 0.25) is 5.91 Å². The number of aryl methyl sites for hydroxylation is 1. The zero-order chi connectivity index (χ0) is 22.9. The van der Waals surface area contributed by atoms with Gasteiger partial charge in [-0.2, -0.15) is 0 Å². The molecule has 2 saturated carbocycles. The third kappa shape index (κ3) is 4.41. The molecule has 2 aliphatic rings. The van der Waals surface area contributed by atoms with Crippen molar-refractivity contribution in [2.45, 2.75) is 43.5 Å². The summed E-state index contributed by atoms with van der Waals surface area (Å²) in [6.07, 6.45) is 4.49. The monoisotopic (exact) mass is 458 g/mol. The number of carbonyl (C=O) groups excluding carboxylic acids is 1. The second-order valence-electron chi connectivity index (χ2n) is 8.71. The van der Waals surface area contributed by atoms with Crippen LogP contribution in [0.3, 0.4) is 0 Å². The highest BCUT2D eigenvalue weighted by molar-refractivity contribution is 7.92. The van der Waals surface area contributed by atoms with Crippen molar-refractivity contribution >= 4 is 21.6 Å². The summed E-state index contributed by atoms with van der Waals surface area (Å²) in [5, 5.41) is 3.09. The van der Waals surface area contributed by atoms with Gasteiger partial charge < -0.3 is 14.8 Å². The number of amides is 1. The van der Waals surface area contributed by atoms with Crippen molar-refractivity contribution in [1.82, 2.24) is 5.32 Å². The zero-order valence-corrected chi connectivity index (χ0v) is 19.5. The average molecular weight is 459 g/mol. The van der Waals surface area contributed by atoms with Crippen molar-refractivity contribution in [3.63, 3.8) is 0 Å². The van der Waals surface area contributed by atoms with Crippen LogP contribution in [-0.2, 0) is 14.8 Å². The van der Waals surface area contributed by atoms with Crippen molar-refractivity contribution in [3.8, 4) is 11.5 Å². The lowest BCUT2D eigenvalue weighted by Gasteiger charge is -2.28. The maximum Gasteiger partial charge on any atom is 0.264 e. The SMILES string of the molecule is COc1ccc(OC)c(N(CC(=O)N[C@@H]2C[C@H]3CC[C@H]2C3)S(=O)(=O)c2ccc(C)cc2)c1. The molecule has 0 radical (unpaired) electrons. The van der Waals surface area contributed by atoms with Gasteiger partial charge in [-0.1, -0.05) is 24.1 Å². The van der Waals surface area contributed by atoms with E-state index >= 15 is 0 Å². The quantitative estimate of drug-likeness (QED) is 0.654. The summed E-state index contributed by atoms with van der Waals surface area (Å²) in [5.74, 6) is 1.67. The van der Waals surface area contributed by atoms with Gasteiger partial charge >= 0.3 is 0 Å². The molecule has 2 aliphatic carbocycles. The standard InChI is InChI=1S/C24H30N2O5S/c1-16-4-9-20(10-5-16)32(28,29)26(22-14-19(30-2)8-11-23(22)31-3)15-24(27)25-21-13-17-6-7-18(21)12-17/h4-5,8-11,14,17-18,21H,6-7,12-13,15H2,1-3H3,(H,25,27)/t17-,18-,21+/m0/s1. The van der Waals surface area contributed by atoms with E-state index in [2.05, 4.69) is 5.32 Å². The van der Waals surface area contributed by atoms with Gasteiger partial charge in [-0.3, -0.25) is 9.10 Å². The van der Waals surface area contributed by atoms with E-state index in [0.717, 1.165) is 29.1 Å². The number of methoxy groups -OCH3 is 2. The van der Waals surface area contributed by atoms with Gasteiger partial charge in [0.25, 0.3) is 10.0 Å². The van der Waals surface area contributed by atoms with Gasteiger partial charge in [-0.25, -0.2) is 8.42 Å². The molecule has 8 heteroatoms. The number of benzene rings is 2. The Morgan fingerprint density at radius 1 is 1.06 bits per heavy atom. The van der Waals surface area contributed by atoms with Crippen LogP contribution < -0.4 is 19.1 Å². The first-order chi connectivity index (χ1) is 15.3. The van der Waals surface area contributed by atoms with Crippen LogP contribution in [0.1, 0.15) is 31.2 Å². The fraction of sp³-hybridized carbons (Fsp3) is 0.458. The predicted molar refractivity (Wildman–Crippen MR) is 123 cm³/mol. The largest absolute Gasteiger partial charge is 0.497 e. The minimum absolute atomic E-state index is 0.112. The van der Waals surface area contributed by atoms with E-state index in [9.17, 15) is 13.2 Å². The van der Waals surface area contributed by atoms with Crippen molar-refractivity contribution in [2.24, 2.45) is 11.8 Å². The molecule has 32 heavy (non-hydrogen) atoms. The van der Waals surface area contributed by atoms with Crippen molar-refractivity contribution < 1.29 is 22.7 Å². The van der Waals surface area contributed by atoms with Crippen molar-refractivity contribution in [2.75, 3.05) is 25.1 Å². The summed E-state index contributed by atoms with van der Waals surface area (Å²) in [4.78, 5) is 13.2. The molecule has 1 N–H and O–H groups in total. The summed E-state index contributed by atoms with van der Waals surface area (Å²) < 4.78 is 39.2. The van der Waals surface area contributed by atoms with Crippen LogP contribution in [0.25, 0.3) is 0 Å². The predicted octanol–water partition coefficient (Wildman–Crippen LogP) is 3.51. The molecule has 1 amide bonds. The van der Waals surface area contributed by atoms with E-state index in [1.165, 1.54) is 20.6 Å².